The number of carboxylic acids is 1. The second-order valence-electron chi connectivity index (χ2n) is 9.94. The Balaban J connectivity index is 1.75. The third kappa shape index (κ3) is 6.26. The van der Waals surface area contributed by atoms with Gasteiger partial charge in [0.15, 0.2) is 0 Å². The molecule has 0 atom stereocenters. The number of thiocarbonyl (C=S) groups is 1. The molecule has 0 bridgehead atoms. The minimum atomic E-state index is -1.15. The number of piperidine rings is 1. The number of benzene rings is 1. The number of carboxylic acid groups (broad SMARTS) is 1. The minimum Gasteiger partial charge on any atom is -0.480 e. The third-order valence-electron chi connectivity index (χ3n) is 7.31. The van der Waals surface area contributed by atoms with E-state index >= 15 is 0 Å². The Bertz CT molecular complexity index is 1400. The maximum Gasteiger partial charge on any atom is 0.323 e. The Kier molecular flexibility index (Phi) is 9.25. The standard InChI is InChI=1S/C29H32N4O4S2/c1-3-4-12-32-26(31-13-10-21(11-14-31)15-20-8-6-5-7-9-20)22(19(2)23(17-30)27(32)36)16-24-28(37)33(18-25(34)35)29(38)39-24/h5-9,16,21H,3-4,10-15,18H2,1-2H3,(H,34,35). The molecule has 2 fully saturated rings. The summed E-state index contributed by atoms with van der Waals surface area (Å²) in [5.74, 6) is -0.395. The number of carbonyl (C=O) groups excluding carboxylic acids is 1. The van der Waals surface area contributed by atoms with E-state index in [1.54, 1.807) is 17.6 Å². The summed E-state index contributed by atoms with van der Waals surface area (Å²) in [4.78, 5) is 41.4. The zero-order valence-corrected chi connectivity index (χ0v) is 23.8. The van der Waals surface area contributed by atoms with Gasteiger partial charge in [-0.05, 0) is 55.7 Å². The van der Waals surface area contributed by atoms with Crippen LogP contribution in [0.5, 0.6) is 0 Å². The van der Waals surface area contributed by atoms with Crippen molar-refractivity contribution in [3.8, 4) is 6.07 Å². The van der Waals surface area contributed by atoms with Crippen LogP contribution in [-0.2, 0) is 22.6 Å². The van der Waals surface area contributed by atoms with Crippen molar-refractivity contribution >= 4 is 52.1 Å². The van der Waals surface area contributed by atoms with Gasteiger partial charge in [0.2, 0.25) is 0 Å². The van der Waals surface area contributed by atoms with Gasteiger partial charge in [0.1, 0.15) is 28.3 Å². The first-order valence-electron chi connectivity index (χ1n) is 13.2. The third-order valence-corrected chi connectivity index (χ3v) is 8.68. The number of amides is 1. The number of aliphatic carboxylic acids is 1. The van der Waals surface area contributed by atoms with Crippen LogP contribution in [0.15, 0.2) is 40.0 Å². The molecule has 0 spiro atoms. The second-order valence-corrected chi connectivity index (χ2v) is 11.6. The molecular weight excluding hydrogens is 532 g/mol. The van der Waals surface area contributed by atoms with E-state index in [-0.39, 0.29) is 20.3 Å². The van der Waals surface area contributed by atoms with Crippen molar-refractivity contribution in [1.29, 1.82) is 5.26 Å². The summed E-state index contributed by atoms with van der Waals surface area (Å²) in [6.45, 7) is 5.23. The molecule has 2 aliphatic heterocycles. The van der Waals surface area contributed by atoms with E-state index in [9.17, 15) is 24.8 Å². The summed E-state index contributed by atoms with van der Waals surface area (Å²) < 4.78 is 1.87. The van der Waals surface area contributed by atoms with Crippen LogP contribution in [0, 0.1) is 24.2 Å². The van der Waals surface area contributed by atoms with Gasteiger partial charge >= 0.3 is 5.97 Å². The van der Waals surface area contributed by atoms with Crippen molar-refractivity contribution in [3.63, 3.8) is 0 Å². The average molecular weight is 565 g/mol. The minimum absolute atomic E-state index is 0.0566. The highest BCUT2D eigenvalue weighted by Gasteiger charge is 2.35. The zero-order chi connectivity index (χ0) is 28.1. The lowest BCUT2D eigenvalue weighted by Gasteiger charge is -2.36. The molecule has 2 aromatic rings. The lowest BCUT2D eigenvalue weighted by atomic mass is 9.90. The SMILES string of the molecule is CCCCn1c(N2CCC(Cc3ccccc3)CC2)c(C=C2SC(=S)N(CC(=O)O)C2=O)c(C)c(C#N)c1=O. The van der Waals surface area contributed by atoms with Crippen molar-refractivity contribution in [2.45, 2.75) is 52.5 Å². The molecule has 4 rings (SSSR count). The molecule has 1 aromatic heterocycles. The van der Waals surface area contributed by atoms with Crippen LogP contribution in [0.3, 0.4) is 0 Å². The Hall–Kier alpha value is -3.42. The molecule has 2 saturated heterocycles. The van der Waals surface area contributed by atoms with E-state index in [1.165, 1.54) is 5.56 Å². The molecule has 204 valence electrons. The summed E-state index contributed by atoms with van der Waals surface area (Å²) in [6.07, 6.45) is 6.24. The van der Waals surface area contributed by atoms with Gasteiger partial charge in [0, 0.05) is 25.2 Å². The van der Waals surface area contributed by atoms with Gasteiger partial charge in [0.25, 0.3) is 11.5 Å². The topological polar surface area (TPSA) is 107 Å². The van der Waals surface area contributed by atoms with Crippen LogP contribution in [0.2, 0.25) is 0 Å². The normalized spacial score (nSPS) is 17.2. The smallest absolute Gasteiger partial charge is 0.323 e. The highest BCUT2D eigenvalue weighted by atomic mass is 32.2. The highest BCUT2D eigenvalue weighted by molar-refractivity contribution is 8.26. The maximum atomic E-state index is 13.5. The monoisotopic (exact) mass is 564 g/mol. The van der Waals surface area contributed by atoms with Gasteiger partial charge < -0.3 is 10.0 Å². The summed E-state index contributed by atoms with van der Waals surface area (Å²) in [5.41, 5.74) is 2.20. The lowest BCUT2D eigenvalue weighted by Crippen LogP contribution is -2.40. The molecule has 2 aliphatic rings. The molecule has 0 aliphatic carbocycles. The number of unbranched alkanes of at least 4 members (excludes halogenated alkanes) is 1. The van der Waals surface area contributed by atoms with Crippen LogP contribution in [0.4, 0.5) is 5.82 Å². The highest BCUT2D eigenvalue weighted by Crippen LogP contribution is 2.37. The molecule has 0 saturated carbocycles. The molecule has 1 aromatic carbocycles. The number of nitrogens with zero attached hydrogens (tertiary/aromatic N) is 4. The fourth-order valence-corrected chi connectivity index (χ4v) is 6.44. The van der Waals surface area contributed by atoms with Gasteiger partial charge in [-0.1, -0.05) is 67.7 Å². The number of rotatable bonds is 9. The van der Waals surface area contributed by atoms with E-state index in [0.29, 0.717) is 29.4 Å². The number of hydrogen-bond donors (Lipinski definition) is 1. The first kappa shape index (κ1) is 28.6. The van der Waals surface area contributed by atoms with Crippen LogP contribution in [0.25, 0.3) is 6.08 Å². The Morgan fingerprint density at radius 2 is 1.92 bits per heavy atom. The first-order chi connectivity index (χ1) is 18.7. The molecule has 1 N–H and O–H groups in total. The van der Waals surface area contributed by atoms with Gasteiger partial charge in [-0.3, -0.25) is 23.9 Å². The Morgan fingerprint density at radius 1 is 1.23 bits per heavy atom. The fraction of sp³-hybridized carbons (Fsp3) is 0.414. The van der Waals surface area contributed by atoms with Gasteiger partial charge in [-0.2, -0.15) is 5.26 Å². The molecule has 10 heteroatoms. The first-order valence-corrected chi connectivity index (χ1v) is 14.4. The number of pyridine rings is 1. The van der Waals surface area contributed by atoms with Gasteiger partial charge in [-0.15, -0.1) is 0 Å². The molecular formula is C29H32N4O4S2. The number of aromatic nitrogens is 1. The van der Waals surface area contributed by atoms with Crippen molar-refractivity contribution in [2.24, 2.45) is 5.92 Å². The van der Waals surface area contributed by atoms with Crippen LogP contribution in [-0.4, -0.2) is 50.4 Å². The molecule has 1 amide bonds. The van der Waals surface area contributed by atoms with E-state index in [0.717, 1.165) is 61.9 Å². The number of nitriles is 1. The number of thioether (sulfide) groups is 1. The number of anilines is 1. The average Bonchev–Trinajstić information content (AvgIpc) is 3.18. The van der Waals surface area contributed by atoms with E-state index in [2.05, 4.69) is 35.2 Å². The molecule has 0 unspecified atom stereocenters. The summed E-state index contributed by atoms with van der Waals surface area (Å²) in [7, 11) is 0. The van der Waals surface area contributed by atoms with Crippen LogP contribution < -0.4 is 10.5 Å². The summed E-state index contributed by atoms with van der Waals surface area (Å²) in [6, 6.07) is 12.5. The van der Waals surface area contributed by atoms with E-state index in [4.69, 9.17) is 12.2 Å². The molecule has 3 heterocycles. The fourth-order valence-electron chi connectivity index (χ4n) is 5.21. The van der Waals surface area contributed by atoms with E-state index < -0.39 is 18.4 Å². The molecule has 39 heavy (non-hydrogen) atoms. The van der Waals surface area contributed by atoms with Gasteiger partial charge in [0.05, 0.1) is 4.91 Å². The number of hydrogen-bond acceptors (Lipinski definition) is 7. The predicted molar refractivity (Wildman–Crippen MR) is 158 cm³/mol. The van der Waals surface area contributed by atoms with Crippen LogP contribution >= 0.6 is 24.0 Å². The Labute approximate surface area is 237 Å². The number of carbonyl (C=O) groups is 2. The zero-order valence-electron chi connectivity index (χ0n) is 22.2. The Morgan fingerprint density at radius 3 is 2.54 bits per heavy atom. The van der Waals surface area contributed by atoms with Crippen molar-refractivity contribution in [3.05, 3.63) is 67.8 Å². The van der Waals surface area contributed by atoms with Crippen molar-refractivity contribution in [2.75, 3.05) is 24.5 Å². The summed E-state index contributed by atoms with van der Waals surface area (Å²) in [5, 5.41) is 19.1. The largest absolute Gasteiger partial charge is 0.480 e. The second kappa shape index (κ2) is 12.6. The summed E-state index contributed by atoms with van der Waals surface area (Å²) >= 11 is 6.33. The predicted octanol–water partition coefficient (Wildman–Crippen LogP) is 4.57. The molecule has 0 radical (unpaired) electrons. The maximum absolute atomic E-state index is 13.5. The van der Waals surface area contributed by atoms with E-state index in [1.807, 2.05) is 13.0 Å². The van der Waals surface area contributed by atoms with Crippen molar-refractivity contribution in [1.82, 2.24) is 9.47 Å². The van der Waals surface area contributed by atoms with Crippen LogP contribution in [0.1, 0.15) is 54.9 Å². The molecule has 8 nitrogen and oxygen atoms in total. The lowest BCUT2D eigenvalue weighted by molar-refractivity contribution is -0.140. The van der Waals surface area contributed by atoms with Gasteiger partial charge in [-0.25, -0.2) is 0 Å². The quantitative estimate of drug-likeness (QED) is 0.349. The van der Waals surface area contributed by atoms with Crippen molar-refractivity contribution < 1.29 is 14.7 Å².